The van der Waals surface area contributed by atoms with E-state index in [9.17, 15) is 4.57 Å². The van der Waals surface area contributed by atoms with Gasteiger partial charge in [0.25, 0.3) is 0 Å². The van der Waals surface area contributed by atoms with Gasteiger partial charge in [-0.25, -0.2) is 0 Å². The van der Waals surface area contributed by atoms with Crippen molar-refractivity contribution in [1.82, 2.24) is 0 Å². The zero-order chi connectivity index (χ0) is 11.9. The summed E-state index contributed by atoms with van der Waals surface area (Å²) in [6.07, 6.45) is 0. The molecule has 0 saturated carbocycles. The third kappa shape index (κ3) is 1.68. The van der Waals surface area contributed by atoms with Crippen LogP contribution in [-0.2, 0) is 4.57 Å². The smallest absolute Gasteiger partial charge is 0.149 e. The van der Waals surface area contributed by atoms with Crippen molar-refractivity contribution in [2.45, 2.75) is 23.0 Å². The van der Waals surface area contributed by atoms with Crippen LogP contribution >= 0.6 is 39.0 Å². The van der Waals surface area contributed by atoms with Crippen molar-refractivity contribution in [1.29, 1.82) is 0 Å². The van der Waals surface area contributed by atoms with Crippen LogP contribution in [0.2, 0.25) is 0 Å². The maximum absolute atomic E-state index is 13.2. The third-order valence-electron chi connectivity index (χ3n) is 3.17. The molecule has 1 heterocycles. The van der Waals surface area contributed by atoms with Crippen molar-refractivity contribution in [3.05, 3.63) is 41.5 Å². The lowest BCUT2D eigenvalue weighted by Crippen LogP contribution is -2.14. The first-order valence-corrected chi connectivity index (χ1v) is 8.77. The highest BCUT2D eigenvalue weighted by Gasteiger charge is 2.47. The monoisotopic (exact) mass is 362 g/mol. The van der Waals surface area contributed by atoms with E-state index in [1.54, 1.807) is 0 Å². The molecule has 1 unspecified atom stereocenters. The lowest BCUT2D eigenvalue weighted by molar-refractivity contribution is 0.583. The Morgan fingerprint density at radius 1 is 1.00 bits per heavy atom. The minimum absolute atomic E-state index is 0.0354. The number of alkyl halides is 2. The zero-order valence-corrected chi connectivity index (χ0v) is 13.2. The van der Waals surface area contributed by atoms with Gasteiger partial charge in [-0.05, 0) is 13.8 Å². The molecule has 0 fully saturated rings. The summed E-state index contributed by atoms with van der Waals surface area (Å²) in [7, 11) is -2.46. The number of hydrogen-bond acceptors (Lipinski definition) is 1. The summed E-state index contributed by atoms with van der Waals surface area (Å²) < 4.78 is 13.1. The summed E-state index contributed by atoms with van der Waals surface area (Å²) in [6, 6.07) is 9.74. The highest BCUT2D eigenvalue weighted by Crippen LogP contribution is 2.67. The summed E-state index contributed by atoms with van der Waals surface area (Å²) in [4.78, 5) is 0. The highest BCUT2D eigenvalue weighted by atomic mass is 79.9. The average Bonchev–Trinajstić information content (AvgIpc) is 2.47. The molecule has 0 radical (unpaired) electrons. The Labute approximate surface area is 113 Å². The van der Waals surface area contributed by atoms with E-state index in [2.05, 4.69) is 31.9 Å². The van der Waals surface area contributed by atoms with Gasteiger partial charge in [0, 0.05) is 5.30 Å². The Kier molecular flexibility index (Phi) is 3.49. The molecule has 1 aromatic carbocycles. The standard InChI is InChI=1S/C12H13Br2OP/c1-8-9(2)12(14)16(15,11(8)13)10-6-4-3-5-7-10/h3-7,11-12H,1-2H3/t11-,12+,16?. The first-order chi connectivity index (χ1) is 7.49. The van der Waals surface area contributed by atoms with Gasteiger partial charge >= 0.3 is 0 Å². The number of benzene rings is 1. The molecule has 0 aromatic heterocycles. The molecule has 0 saturated heterocycles. The molecule has 0 amide bonds. The van der Waals surface area contributed by atoms with Gasteiger partial charge in [0.15, 0.2) is 0 Å². The predicted octanol–water partition coefficient (Wildman–Crippen LogP) is 4.47. The van der Waals surface area contributed by atoms with Crippen LogP contribution in [0.1, 0.15) is 13.8 Å². The Morgan fingerprint density at radius 3 is 1.88 bits per heavy atom. The maximum Gasteiger partial charge on any atom is 0.149 e. The lowest BCUT2D eigenvalue weighted by atomic mass is 10.2. The molecule has 0 aliphatic carbocycles. The van der Waals surface area contributed by atoms with E-state index in [1.165, 1.54) is 11.1 Å². The summed E-state index contributed by atoms with van der Waals surface area (Å²) in [5, 5.41) is 0.940. The second-order valence-corrected chi connectivity index (χ2v) is 10.3. The van der Waals surface area contributed by atoms with Crippen molar-refractivity contribution < 1.29 is 4.57 Å². The molecule has 1 aliphatic heterocycles. The van der Waals surface area contributed by atoms with E-state index in [0.29, 0.717) is 0 Å². The molecule has 0 spiro atoms. The second-order valence-electron chi connectivity index (χ2n) is 4.08. The van der Waals surface area contributed by atoms with E-state index in [4.69, 9.17) is 0 Å². The molecule has 2 rings (SSSR count). The molecule has 1 aromatic rings. The average molecular weight is 364 g/mol. The van der Waals surface area contributed by atoms with Crippen molar-refractivity contribution in [2.24, 2.45) is 0 Å². The van der Waals surface area contributed by atoms with E-state index in [0.717, 1.165) is 5.30 Å². The Balaban J connectivity index is 2.55. The van der Waals surface area contributed by atoms with Gasteiger partial charge in [-0.2, -0.15) is 0 Å². The summed E-state index contributed by atoms with van der Waals surface area (Å²) in [5.74, 6) is 0. The van der Waals surface area contributed by atoms with Crippen LogP contribution in [0.4, 0.5) is 0 Å². The van der Waals surface area contributed by atoms with Gasteiger partial charge in [-0.15, -0.1) is 0 Å². The van der Waals surface area contributed by atoms with Crippen molar-refractivity contribution in [3.8, 4) is 0 Å². The van der Waals surface area contributed by atoms with Crippen LogP contribution in [0.15, 0.2) is 41.5 Å². The van der Waals surface area contributed by atoms with E-state index in [-0.39, 0.29) is 9.14 Å². The number of halogens is 2. The van der Waals surface area contributed by atoms with Gasteiger partial charge < -0.3 is 4.57 Å². The molecule has 0 N–H and O–H groups in total. The van der Waals surface area contributed by atoms with Gasteiger partial charge in [-0.1, -0.05) is 73.3 Å². The Hall–Kier alpha value is 0.150. The number of hydrogen-bond donors (Lipinski definition) is 0. The van der Waals surface area contributed by atoms with Crippen LogP contribution in [0.25, 0.3) is 0 Å². The van der Waals surface area contributed by atoms with Crippen LogP contribution < -0.4 is 5.30 Å². The lowest BCUT2D eigenvalue weighted by Gasteiger charge is -2.21. The van der Waals surface area contributed by atoms with Crippen LogP contribution in [-0.4, -0.2) is 9.14 Å². The first kappa shape index (κ1) is 12.6. The molecule has 4 heteroatoms. The molecule has 86 valence electrons. The molecular weight excluding hydrogens is 351 g/mol. The number of allylic oxidation sites excluding steroid dienone is 2. The van der Waals surface area contributed by atoms with Gasteiger partial charge in [0.1, 0.15) is 7.14 Å². The van der Waals surface area contributed by atoms with E-state index < -0.39 is 7.14 Å². The largest absolute Gasteiger partial charge is 0.316 e. The van der Waals surface area contributed by atoms with Gasteiger partial charge in [0.2, 0.25) is 0 Å². The molecule has 1 nitrogen and oxygen atoms in total. The van der Waals surface area contributed by atoms with Crippen molar-refractivity contribution in [3.63, 3.8) is 0 Å². The summed E-state index contributed by atoms with van der Waals surface area (Å²) >= 11 is 7.19. The van der Waals surface area contributed by atoms with Crippen molar-refractivity contribution in [2.75, 3.05) is 0 Å². The quantitative estimate of drug-likeness (QED) is 0.409. The zero-order valence-electron chi connectivity index (χ0n) is 9.15. The minimum Gasteiger partial charge on any atom is -0.316 e. The molecule has 16 heavy (non-hydrogen) atoms. The fourth-order valence-electron chi connectivity index (χ4n) is 1.99. The molecule has 1 aliphatic rings. The first-order valence-electron chi connectivity index (χ1n) is 5.10. The van der Waals surface area contributed by atoms with Crippen molar-refractivity contribution >= 4 is 44.3 Å². The minimum atomic E-state index is -2.46. The van der Waals surface area contributed by atoms with Gasteiger partial charge in [0.05, 0.1) is 9.14 Å². The predicted molar refractivity (Wildman–Crippen MR) is 77.5 cm³/mol. The van der Waals surface area contributed by atoms with Crippen LogP contribution in [0, 0.1) is 0 Å². The fraction of sp³-hybridized carbons (Fsp3) is 0.333. The number of rotatable bonds is 1. The maximum atomic E-state index is 13.2. The van der Waals surface area contributed by atoms with Gasteiger partial charge in [-0.3, -0.25) is 0 Å². The second kappa shape index (κ2) is 4.44. The summed E-state index contributed by atoms with van der Waals surface area (Å²) in [6.45, 7) is 4.09. The van der Waals surface area contributed by atoms with E-state index >= 15 is 0 Å². The Bertz CT molecular complexity index is 459. The van der Waals surface area contributed by atoms with Crippen LogP contribution in [0.5, 0.6) is 0 Å². The molecular formula is C12H13Br2OP. The topological polar surface area (TPSA) is 17.1 Å². The summed E-state index contributed by atoms with van der Waals surface area (Å²) in [5.41, 5.74) is 2.38. The highest BCUT2D eigenvalue weighted by molar-refractivity contribution is 9.12. The van der Waals surface area contributed by atoms with E-state index in [1.807, 2.05) is 44.2 Å². The molecule has 0 bridgehead atoms. The molecule has 3 atom stereocenters. The Morgan fingerprint density at radius 2 is 1.44 bits per heavy atom. The SMILES string of the molecule is CC1=C(C)[C@H](Br)P(=O)(c2ccccc2)[C@@H]1Br. The third-order valence-corrected chi connectivity index (χ3v) is 11.4. The van der Waals surface area contributed by atoms with Crippen LogP contribution in [0.3, 0.4) is 0 Å². The normalized spacial score (nSPS) is 34.5. The fourth-order valence-corrected chi connectivity index (χ4v) is 9.45.